The van der Waals surface area contributed by atoms with Crippen LogP contribution in [-0.2, 0) is 21.4 Å². The minimum absolute atomic E-state index is 0.311. The van der Waals surface area contributed by atoms with Gasteiger partial charge in [-0.3, -0.25) is 14.3 Å². The number of nitrogens with zero attached hydrogens (tertiary/aromatic N) is 2. The molecule has 0 aliphatic rings. The summed E-state index contributed by atoms with van der Waals surface area (Å²) >= 11 is 0. The van der Waals surface area contributed by atoms with Crippen LogP contribution in [0.2, 0.25) is 0 Å². The number of methoxy groups -OCH3 is 1. The van der Waals surface area contributed by atoms with E-state index >= 15 is 0 Å². The fourth-order valence-electron chi connectivity index (χ4n) is 1.47. The van der Waals surface area contributed by atoms with E-state index in [1.54, 1.807) is 17.9 Å². The summed E-state index contributed by atoms with van der Waals surface area (Å²) in [6.07, 6.45) is 3.15. The van der Waals surface area contributed by atoms with Gasteiger partial charge in [-0.2, -0.15) is 5.10 Å². The molecule has 1 aromatic heterocycles. The number of carbonyl (C=O) groups excluding carboxylic acids is 1. The second kappa shape index (κ2) is 6.93. The molecule has 100 valence electrons. The van der Waals surface area contributed by atoms with Crippen molar-refractivity contribution in [3.63, 3.8) is 0 Å². The van der Waals surface area contributed by atoms with Crippen molar-refractivity contribution in [2.45, 2.75) is 13.8 Å². The molecule has 1 N–H and O–H groups in total. The number of amides is 1. The Morgan fingerprint density at radius 3 is 2.72 bits per heavy atom. The van der Waals surface area contributed by atoms with E-state index in [-0.39, 0.29) is 5.91 Å². The molecule has 0 fully saturated rings. The predicted molar refractivity (Wildman–Crippen MR) is 67.7 cm³/mol. The van der Waals surface area contributed by atoms with Gasteiger partial charge in [-0.05, 0) is 19.9 Å². The summed E-state index contributed by atoms with van der Waals surface area (Å²) < 4.78 is 6.56. The molecule has 6 nitrogen and oxygen atoms in total. The van der Waals surface area contributed by atoms with Crippen LogP contribution in [0.15, 0.2) is 6.08 Å². The lowest BCUT2D eigenvalue weighted by Gasteiger charge is -2.02. The van der Waals surface area contributed by atoms with Crippen molar-refractivity contribution in [1.29, 1.82) is 0 Å². The first-order valence-electron chi connectivity index (χ1n) is 5.65. The topological polar surface area (TPSA) is 65.4 Å². The van der Waals surface area contributed by atoms with E-state index in [1.165, 1.54) is 6.08 Å². The van der Waals surface area contributed by atoms with Crippen LogP contribution >= 0.6 is 0 Å². The molecule has 0 bridgehead atoms. The Kier molecular flexibility index (Phi) is 5.54. The van der Waals surface area contributed by atoms with Gasteiger partial charge in [-0.1, -0.05) is 0 Å². The van der Waals surface area contributed by atoms with Gasteiger partial charge >= 0.3 is 0 Å². The summed E-state index contributed by atoms with van der Waals surface area (Å²) in [4.78, 5) is 16.3. The van der Waals surface area contributed by atoms with Crippen LogP contribution in [0.4, 0.5) is 0 Å². The highest BCUT2D eigenvalue weighted by Gasteiger charge is 2.06. The highest BCUT2D eigenvalue weighted by Crippen LogP contribution is 2.13. The molecule has 0 saturated carbocycles. The average Bonchev–Trinajstić information content (AvgIpc) is 2.57. The van der Waals surface area contributed by atoms with Crippen molar-refractivity contribution in [3.05, 3.63) is 23.0 Å². The van der Waals surface area contributed by atoms with E-state index in [1.807, 2.05) is 20.9 Å². The molecular formula is C12H19N3O3. The standard InChI is InChI=1S/C12H19N3O3/c1-9-11(10(2)15(3)13-9)5-6-12(16)14-18-8-7-17-4/h5-6H,7-8H2,1-4H3,(H,14,16)/b6-5+. The van der Waals surface area contributed by atoms with Gasteiger partial charge < -0.3 is 4.74 Å². The van der Waals surface area contributed by atoms with Crippen molar-refractivity contribution in [3.8, 4) is 0 Å². The van der Waals surface area contributed by atoms with Gasteiger partial charge in [0.15, 0.2) is 0 Å². The van der Waals surface area contributed by atoms with E-state index in [2.05, 4.69) is 10.6 Å². The lowest BCUT2D eigenvalue weighted by atomic mass is 10.2. The maximum Gasteiger partial charge on any atom is 0.267 e. The molecule has 0 aliphatic heterocycles. The fraction of sp³-hybridized carbons (Fsp3) is 0.500. The van der Waals surface area contributed by atoms with Gasteiger partial charge in [-0.25, -0.2) is 5.48 Å². The van der Waals surface area contributed by atoms with E-state index in [9.17, 15) is 4.79 Å². The Morgan fingerprint density at radius 1 is 1.44 bits per heavy atom. The molecule has 0 unspecified atom stereocenters. The van der Waals surface area contributed by atoms with Gasteiger partial charge in [0.25, 0.3) is 5.91 Å². The lowest BCUT2D eigenvalue weighted by molar-refractivity contribution is -0.129. The minimum atomic E-state index is -0.311. The first-order valence-corrected chi connectivity index (χ1v) is 5.65. The summed E-state index contributed by atoms with van der Waals surface area (Å²) in [5.41, 5.74) is 5.15. The van der Waals surface area contributed by atoms with Gasteiger partial charge in [0.1, 0.15) is 0 Å². The number of carbonyl (C=O) groups is 1. The lowest BCUT2D eigenvalue weighted by Crippen LogP contribution is -2.23. The van der Waals surface area contributed by atoms with Crippen LogP contribution in [0.3, 0.4) is 0 Å². The quantitative estimate of drug-likeness (QED) is 0.461. The zero-order valence-electron chi connectivity index (χ0n) is 11.2. The van der Waals surface area contributed by atoms with Crippen molar-refractivity contribution >= 4 is 12.0 Å². The van der Waals surface area contributed by atoms with Gasteiger partial charge in [0, 0.05) is 31.5 Å². The van der Waals surface area contributed by atoms with E-state index < -0.39 is 0 Å². The monoisotopic (exact) mass is 253 g/mol. The smallest absolute Gasteiger partial charge is 0.267 e. The van der Waals surface area contributed by atoms with E-state index in [0.717, 1.165) is 17.0 Å². The Labute approximate surface area is 107 Å². The number of hydrogen-bond acceptors (Lipinski definition) is 4. The summed E-state index contributed by atoms with van der Waals surface area (Å²) in [6, 6.07) is 0. The summed E-state index contributed by atoms with van der Waals surface area (Å²) in [7, 11) is 3.44. The molecule has 0 radical (unpaired) electrons. The van der Waals surface area contributed by atoms with Crippen molar-refractivity contribution in [2.24, 2.45) is 7.05 Å². The summed E-state index contributed by atoms with van der Waals surface area (Å²) in [5, 5.41) is 4.26. The van der Waals surface area contributed by atoms with Gasteiger partial charge in [0.2, 0.25) is 0 Å². The third-order valence-corrected chi connectivity index (χ3v) is 2.53. The molecule has 1 amide bonds. The predicted octanol–water partition coefficient (Wildman–Crippen LogP) is 0.744. The number of aryl methyl sites for hydroxylation is 2. The highest BCUT2D eigenvalue weighted by molar-refractivity contribution is 5.91. The number of hydrogen-bond donors (Lipinski definition) is 1. The van der Waals surface area contributed by atoms with Crippen molar-refractivity contribution in [2.75, 3.05) is 20.3 Å². The van der Waals surface area contributed by atoms with Gasteiger partial charge in [-0.15, -0.1) is 0 Å². The number of rotatable bonds is 6. The van der Waals surface area contributed by atoms with Crippen LogP contribution in [0.5, 0.6) is 0 Å². The van der Waals surface area contributed by atoms with Crippen molar-refractivity contribution in [1.82, 2.24) is 15.3 Å². The number of nitrogens with one attached hydrogen (secondary N) is 1. The molecule has 0 saturated heterocycles. The fourth-order valence-corrected chi connectivity index (χ4v) is 1.47. The van der Waals surface area contributed by atoms with Crippen LogP contribution in [0.25, 0.3) is 6.08 Å². The zero-order valence-corrected chi connectivity index (χ0v) is 11.2. The minimum Gasteiger partial charge on any atom is -0.382 e. The first-order chi connectivity index (χ1) is 8.56. The molecule has 18 heavy (non-hydrogen) atoms. The molecule has 0 spiro atoms. The van der Waals surface area contributed by atoms with Crippen LogP contribution < -0.4 is 5.48 Å². The normalized spacial score (nSPS) is 11.1. The molecule has 1 aromatic rings. The molecule has 0 atom stereocenters. The summed E-state index contributed by atoms with van der Waals surface area (Å²) in [5.74, 6) is -0.311. The maximum atomic E-state index is 11.4. The zero-order chi connectivity index (χ0) is 13.5. The highest BCUT2D eigenvalue weighted by atomic mass is 16.7. The Hall–Kier alpha value is -1.66. The number of hydroxylamine groups is 1. The van der Waals surface area contributed by atoms with E-state index in [0.29, 0.717) is 13.2 Å². The number of ether oxygens (including phenoxy) is 1. The largest absolute Gasteiger partial charge is 0.382 e. The third kappa shape index (κ3) is 3.97. The SMILES string of the molecule is COCCONC(=O)/C=C/c1c(C)nn(C)c1C. The van der Waals surface area contributed by atoms with E-state index in [4.69, 9.17) is 9.57 Å². The second-order valence-electron chi connectivity index (χ2n) is 3.85. The first kappa shape index (κ1) is 14.4. The molecule has 0 aromatic carbocycles. The van der Waals surface area contributed by atoms with Gasteiger partial charge in [0.05, 0.1) is 18.9 Å². The average molecular weight is 253 g/mol. The molecule has 1 rings (SSSR count). The summed E-state index contributed by atoms with van der Waals surface area (Å²) in [6.45, 7) is 4.61. The van der Waals surface area contributed by atoms with Crippen LogP contribution in [-0.4, -0.2) is 36.0 Å². The molecule has 0 aliphatic carbocycles. The Morgan fingerprint density at radius 2 is 2.17 bits per heavy atom. The van der Waals surface area contributed by atoms with Crippen LogP contribution in [0.1, 0.15) is 17.0 Å². The molecule has 6 heteroatoms. The molecular weight excluding hydrogens is 234 g/mol. The Bertz CT molecular complexity index is 438. The van der Waals surface area contributed by atoms with Crippen LogP contribution in [0, 0.1) is 13.8 Å². The Balaban J connectivity index is 2.50. The third-order valence-electron chi connectivity index (χ3n) is 2.53. The number of aromatic nitrogens is 2. The second-order valence-corrected chi connectivity index (χ2v) is 3.85. The van der Waals surface area contributed by atoms with Crippen molar-refractivity contribution < 1.29 is 14.4 Å². The maximum absolute atomic E-state index is 11.4. The molecule has 1 heterocycles.